The summed E-state index contributed by atoms with van der Waals surface area (Å²) in [6.45, 7) is 5.06. The summed E-state index contributed by atoms with van der Waals surface area (Å²) in [5.41, 5.74) is 0. The van der Waals surface area contributed by atoms with E-state index >= 15 is 0 Å². The summed E-state index contributed by atoms with van der Waals surface area (Å²) in [5, 5.41) is 0. The Bertz CT molecular complexity index is 219. The predicted molar refractivity (Wildman–Crippen MR) is 54.9 cm³/mol. The molecule has 1 atom stereocenters. The molecule has 0 saturated heterocycles. The van der Waals surface area contributed by atoms with Crippen molar-refractivity contribution in [3.8, 4) is 0 Å². The van der Waals surface area contributed by atoms with Crippen LogP contribution >= 0.6 is 0 Å². The topological polar surface area (TPSA) is 43.4 Å². The number of carbonyl (C=O) groups is 2. The number of Topliss-reactive ketones (excluding diaryl/α,β-unsaturated/α-hetero) is 1. The molecular formula is C11H18O3. The van der Waals surface area contributed by atoms with Crippen molar-refractivity contribution in [1.82, 2.24) is 0 Å². The summed E-state index contributed by atoms with van der Waals surface area (Å²) < 4.78 is 4.82. The van der Waals surface area contributed by atoms with E-state index in [1.807, 2.05) is 6.08 Å². The smallest absolute Gasteiger partial charge is 0.374 e. The van der Waals surface area contributed by atoms with Crippen molar-refractivity contribution in [2.24, 2.45) is 0 Å². The molecule has 0 amide bonds. The van der Waals surface area contributed by atoms with Gasteiger partial charge in [0.05, 0.1) is 0 Å². The monoisotopic (exact) mass is 198 g/mol. The van der Waals surface area contributed by atoms with E-state index < -0.39 is 11.8 Å². The molecule has 0 unspecified atom stereocenters. The van der Waals surface area contributed by atoms with Crippen LogP contribution in [0.5, 0.6) is 0 Å². The van der Waals surface area contributed by atoms with Crippen LogP contribution in [0.3, 0.4) is 0 Å². The predicted octanol–water partition coefficient (Wildman–Crippen LogP) is 2.25. The van der Waals surface area contributed by atoms with E-state index in [9.17, 15) is 9.59 Å². The minimum Gasteiger partial charge on any atom is -0.453 e. The molecule has 80 valence electrons. The number of rotatable bonds is 6. The molecule has 3 nitrogen and oxygen atoms in total. The van der Waals surface area contributed by atoms with E-state index in [0.717, 1.165) is 19.3 Å². The number of ketones is 1. The molecule has 3 heteroatoms. The maximum atomic E-state index is 10.8. The van der Waals surface area contributed by atoms with Gasteiger partial charge >= 0.3 is 5.97 Å². The molecule has 0 N–H and O–H groups in total. The number of carbonyl (C=O) groups excluding carboxylic acids is 2. The number of allylic oxidation sites excluding steroid dienone is 1. The Labute approximate surface area is 85.1 Å². The first kappa shape index (κ1) is 12.9. The van der Waals surface area contributed by atoms with Crippen LogP contribution in [0, 0.1) is 0 Å². The van der Waals surface area contributed by atoms with Crippen LogP contribution < -0.4 is 0 Å². The normalized spacial score (nSPS) is 12.8. The van der Waals surface area contributed by atoms with Crippen molar-refractivity contribution in [2.75, 3.05) is 0 Å². The minimum atomic E-state index is -0.766. The molecule has 0 aliphatic rings. The summed E-state index contributed by atoms with van der Waals surface area (Å²) in [5.74, 6) is -1.32. The summed E-state index contributed by atoms with van der Waals surface area (Å²) in [4.78, 5) is 21.4. The molecule has 0 aromatic heterocycles. The van der Waals surface area contributed by atoms with Gasteiger partial charge < -0.3 is 4.74 Å². The van der Waals surface area contributed by atoms with E-state index in [1.54, 1.807) is 13.0 Å². The summed E-state index contributed by atoms with van der Waals surface area (Å²) in [7, 11) is 0. The molecular weight excluding hydrogens is 180 g/mol. The molecule has 0 bridgehead atoms. The molecule has 0 aliphatic carbocycles. The van der Waals surface area contributed by atoms with Crippen LogP contribution in [0.2, 0.25) is 0 Å². The third-order valence-electron chi connectivity index (χ3n) is 1.71. The van der Waals surface area contributed by atoms with Crippen molar-refractivity contribution < 1.29 is 14.3 Å². The van der Waals surface area contributed by atoms with Gasteiger partial charge in [0.2, 0.25) is 5.78 Å². The standard InChI is InChI=1S/C11H18O3/c1-4-5-6-7-8-9(2)14-11(13)10(3)12/h7-9H,4-6H2,1-3H3/b8-7+/t9-/m0/s1. The molecule has 0 aromatic rings. The highest BCUT2D eigenvalue weighted by atomic mass is 16.5. The SMILES string of the molecule is CCCC/C=C/[C@H](C)OC(=O)C(C)=O. The molecule has 0 spiro atoms. The third kappa shape index (κ3) is 6.40. The van der Waals surface area contributed by atoms with Crippen LogP contribution in [0.15, 0.2) is 12.2 Å². The molecule has 0 aliphatic heterocycles. The van der Waals surface area contributed by atoms with Gasteiger partial charge in [-0.25, -0.2) is 4.79 Å². The van der Waals surface area contributed by atoms with Gasteiger partial charge in [0, 0.05) is 6.92 Å². The highest BCUT2D eigenvalue weighted by Gasteiger charge is 2.11. The maximum absolute atomic E-state index is 10.8. The Morgan fingerprint density at radius 1 is 1.43 bits per heavy atom. The van der Waals surface area contributed by atoms with Gasteiger partial charge in [-0.05, 0) is 19.4 Å². The largest absolute Gasteiger partial charge is 0.453 e. The number of unbranched alkanes of at least 4 members (excludes halogenated alkanes) is 2. The highest BCUT2D eigenvalue weighted by molar-refractivity contribution is 6.32. The zero-order valence-corrected chi connectivity index (χ0v) is 9.08. The summed E-state index contributed by atoms with van der Waals surface area (Å²) in [6, 6.07) is 0. The van der Waals surface area contributed by atoms with Gasteiger partial charge in [0.1, 0.15) is 6.10 Å². The van der Waals surface area contributed by atoms with Gasteiger partial charge in [-0.3, -0.25) is 4.79 Å². The molecule has 0 saturated carbocycles. The fourth-order valence-electron chi connectivity index (χ4n) is 0.901. The molecule has 0 radical (unpaired) electrons. The minimum absolute atomic E-state index is 0.316. The average Bonchev–Trinajstić information content (AvgIpc) is 2.12. The first-order chi connectivity index (χ1) is 6.57. The first-order valence-corrected chi connectivity index (χ1v) is 4.96. The number of esters is 1. The molecule has 0 fully saturated rings. The Balaban J connectivity index is 3.74. The van der Waals surface area contributed by atoms with E-state index in [1.165, 1.54) is 6.92 Å². The molecule has 14 heavy (non-hydrogen) atoms. The first-order valence-electron chi connectivity index (χ1n) is 4.96. The van der Waals surface area contributed by atoms with E-state index in [2.05, 4.69) is 6.92 Å². The second kappa shape index (κ2) is 7.30. The van der Waals surface area contributed by atoms with Crippen molar-refractivity contribution in [2.45, 2.75) is 46.1 Å². The lowest BCUT2D eigenvalue weighted by Crippen LogP contribution is -2.18. The quantitative estimate of drug-likeness (QED) is 0.284. The van der Waals surface area contributed by atoms with Crippen LogP contribution in [0.4, 0.5) is 0 Å². The van der Waals surface area contributed by atoms with Gasteiger partial charge in [-0.1, -0.05) is 25.8 Å². The van der Waals surface area contributed by atoms with Crippen LogP contribution in [-0.2, 0) is 14.3 Å². The lowest BCUT2D eigenvalue weighted by atomic mass is 10.2. The number of hydrogen-bond donors (Lipinski definition) is 0. The number of ether oxygens (including phenoxy) is 1. The summed E-state index contributed by atoms with van der Waals surface area (Å²) in [6.07, 6.45) is 6.72. The Kier molecular flexibility index (Phi) is 6.72. The lowest BCUT2D eigenvalue weighted by Gasteiger charge is -2.06. The van der Waals surface area contributed by atoms with Crippen LogP contribution in [-0.4, -0.2) is 17.9 Å². The van der Waals surface area contributed by atoms with Gasteiger partial charge in [-0.2, -0.15) is 0 Å². The fraction of sp³-hybridized carbons (Fsp3) is 0.636. The van der Waals surface area contributed by atoms with Gasteiger partial charge in [0.15, 0.2) is 0 Å². The number of hydrogen-bond acceptors (Lipinski definition) is 3. The molecule has 0 aromatic carbocycles. The van der Waals surface area contributed by atoms with Crippen molar-refractivity contribution in [3.63, 3.8) is 0 Å². The van der Waals surface area contributed by atoms with Crippen LogP contribution in [0.25, 0.3) is 0 Å². The Morgan fingerprint density at radius 2 is 2.07 bits per heavy atom. The second-order valence-electron chi connectivity index (χ2n) is 3.24. The second-order valence-corrected chi connectivity index (χ2v) is 3.24. The maximum Gasteiger partial charge on any atom is 0.374 e. The van der Waals surface area contributed by atoms with Gasteiger partial charge in [0.25, 0.3) is 0 Å². The third-order valence-corrected chi connectivity index (χ3v) is 1.71. The van der Waals surface area contributed by atoms with Crippen LogP contribution in [0.1, 0.15) is 40.0 Å². The lowest BCUT2D eigenvalue weighted by molar-refractivity contribution is -0.154. The Morgan fingerprint density at radius 3 is 2.57 bits per heavy atom. The zero-order valence-electron chi connectivity index (χ0n) is 9.08. The summed E-state index contributed by atoms with van der Waals surface area (Å²) >= 11 is 0. The van der Waals surface area contributed by atoms with Crippen molar-refractivity contribution >= 4 is 11.8 Å². The Hall–Kier alpha value is -1.12. The van der Waals surface area contributed by atoms with E-state index in [0.29, 0.717) is 0 Å². The molecule has 0 heterocycles. The van der Waals surface area contributed by atoms with E-state index in [4.69, 9.17) is 4.74 Å². The average molecular weight is 198 g/mol. The molecule has 0 rings (SSSR count). The fourth-order valence-corrected chi connectivity index (χ4v) is 0.901. The zero-order chi connectivity index (χ0) is 11.0. The van der Waals surface area contributed by atoms with E-state index in [-0.39, 0.29) is 6.10 Å². The van der Waals surface area contributed by atoms with Crippen molar-refractivity contribution in [3.05, 3.63) is 12.2 Å². The van der Waals surface area contributed by atoms with Gasteiger partial charge in [-0.15, -0.1) is 0 Å². The highest BCUT2D eigenvalue weighted by Crippen LogP contribution is 1.99. The van der Waals surface area contributed by atoms with Crippen molar-refractivity contribution in [1.29, 1.82) is 0 Å².